The molecule has 0 spiro atoms. The van der Waals surface area contributed by atoms with Crippen LogP contribution in [0.15, 0.2) is 12.3 Å². The van der Waals surface area contributed by atoms with Gasteiger partial charge in [-0.25, -0.2) is 4.98 Å². The summed E-state index contributed by atoms with van der Waals surface area (Å²) < 4.78 is 0. The molecule has 5 heteroatoms. The van der Waals surface area contributed by atoms with Gasteiger partial charge in [-0.15, -0.1) is 0 Å². The number of pyridine rings is 1. The van der Waals surface area contributed by atoms with E-state index in [4.69, 9.17) is 11.5 Å². The molecule has 1 unspecified atom stereocenters. The molecule has 2 rings (SSSR count). The second-order valence-electron chi connectivity index (χ2n) is 5.14. The number of hydrogen-bond acceptors (Lipinski definition) is 4. The van der Waals surface area contributed by atoms with Crippen molar-refractivity contribution in [3.05, 3.63) is 17.8 Å². The van der Waals surface area contributed by atoms with E-state index in [2.05, 4.69) is 23.7 Å². The standard InChI is InChI=1S/C13H20N4O/c1-8(2)11-4-3-5-17(11)12-6-9(13(15)18)10(14)7-16-12/h6-8,11H,3-5,14H2,1-2H3,(H2,15,18). The summed E-state index contributed by atoms with van der Waals surface area (Å²) in [6.45, 7) is 5.38. The molecule has 1 saturated heterocycles. The van der Waals surface area contributed by atoms with E-state index in [1.54, 1.807) is 6.07 Å². The van der Waals surface area contributed by atoms with Gasteiger partial charge in [0.05, 0.1) is 17.4 Å². The number of hydrogen-bond donors (Lipinski definition) is 2. The van der Waals surface area contributed by atoms with E-state index in [1.807, 2.05) is 0 Å². The normalized spacial score (nSPS) is 19.5. The Hall–Kier alpha value is -1.78. The summed E-state index contributed by atoms with van der Waals surface area (Å²) >= 11 is 0. The summed E-state index contributed by atoms with van der Waals surface area (Å²) in [5, 5.41) is 0. The van der Waals surface area contributed by atoms with Crippen molar-refractivity contribution in [3.63, 3.8) is 0 Å². The fraction of sp³-hybridized carbons (Fsp3) is 0.538. The van der Waals surface area contributed by atoms with Crippen LogP contribution in [0.2, 0.25) is 0 Å². The predicted octanol–water partition coefficient (Wildman–Crippen LogP) is 1.39. The molecule has 1 aromatic heterocycles. The van der Waals surface area contributed by atoms with Gasteiger partial charge in [0.2, 0.25) is 0 Å². The molecular formula is C13H20N4O. The Balaban J connectivity index is 2.33. The van der Waals surface area contributed by atoms with Crippen LogP contribution < -0.4 is 16.4 Å². The minimum Gasteiger partial charge on any atom is -0.397 e. The van der Waals surface area contributed by atoms with Crippen molar-refractivity contribution in [3.8, 4) is 0 Å². The summed E-state index contributed by atoms with van der Waals surface area (Å²) in [5.74, 6) is 0.856. The van der Waals surface area contributed by atoms with Crippen molar-refractivity contribution in [2.24, 2.45) is 11.7 Å². The highest BCUT2D eigenvalue weighted by Gasteiger charge is 2.28. The summed E-state index contributed by atoms with van der Waals surface area (Å²) in [4.78, 5) is 17.9. The number of primary amides is 1. The van der Waals surface area contributed by atoms with Crippen LogP contribution in [-0.2, 0) is 0 Å². The number of amides is 1. The monoisotopic (exact) mass is 248 g/mol. The van der Waals surface area contributed by atoms with E-state index in [-0.39, 0.29) is 0 Å². The number of carbonyl (C=O) groups is 1. The average Bonchev–Trinajstić information content (AvgIpc) is 2.78. The van der Waals surface area contributed by atoms with Crippen molar-refractivity contribution >= 4 is 17.4 Å². The van der Waals surface area contributed by atoms with Crippen molar-refractivity contribution < 1.29 is 4.79 Å². The highest BCUT2D eigenvalue weighted by Crippen LogP contribution is 2.29. The lowest BCUT2D eigenvalue weighted by atomic mass is 10.0. The molecule has 1 aromatic rings. The van der Waals surface area contributed by atoms with Crippen molar-refractivity contribution in [2.75, 3.05) is 17.2 Å². The molecule has 1 atom stereocenters. The molecule has 18 heavy (non-hydrogen) atoms. The van der Waals surface area contributed by atoms with Gasteiger partial charge in [0.15, 0.2) is 0 Å². The van der Waals surface area contributed by atoms with Crippen LogP contribution in [0.4, 0.5) is 11.5 Å². The van der Waals surface area contributed by atoms with E-state index >= 15 is 0 Å². The fourth-order valence-corrected chi connectivity index (χ4v) is 2.60. The lowest BCUT2D eigenvalue weighted by molar-refractivity contribution is 0.100. The van der Waals surface area contributed by atoms with Crippen LogP contribution in [0.25, 0.3) is 0 Å². The summed E-state index contributed by atoms with van der Waals surface area (Å²) in [6.07, 6.45) is 3.83. The average molecular weight is 248 g/mol. The number of nitrogen functional groups attached to an aromatic ring is 1. The molecule has 2 heterocycles. The van der Waals surface area contributed by atoms with Gasteiger partial charge >= 0.3 is 0 Å². The predicted molar refractivity (Wildman–Crippen MR) is 72.4 cm³/mol. The Morgan fingerprint density at radius 2 is 2.28 bits per heavy atom. The van der Waals surface area contributed by atoms with Crippen LogP contribution in [0.5, 0.6) is 0 Å². The second kappa shape index (κ2) is 4.84. The molecule has 0 bridgehead atoms. The van der Waals surface area contributed by atoms with E-state index in [0.29, 0.717) is 23.2 Å². The fourth-order valence-electron chi connectivity index (χ4n) is 2.60. The maximum atomic E-state index is 11.3. The molecule has 0 saturated carbocycles. The maximum absolute atomic E-state index is 11.3. The molecule has 0 aromatic carbocycles. The van der Waals surface area contributed by atoms with Crippen LogP contribution in [0.3, 0.4) is 0 Å². The van der Waals surface area contributed by atoms with Crippen LogP contribution in [-0.4, -0.2) is 23.5 Å². The topological polar surface area (TPSA) is 85.2 Å². The summed E-state index contributed by atoms with van der Waals surface area (Å²) in [6, 6.07) is 2.18. The van der Waals surface area contributed by atoms with E-state index in [9.17, 15) is 4.79 Å². The van der Waals surface area contributed by atoms with Crippen LogP contribution in [0, 0.1) is 5.92 Å². The largest absolute Gasteiger partial charge is 0.397 e. The van der Waals surface area contributed by atoms with E-state index < -0.39 is 5.91 Å². The highest BCUT2D eigenvalue weighted by molar-refractivity contribution is 5.98. The molecule has 0 aliphatic carbocycles. The van der Waals surface area contributed by atoms with Gasteiger partial charge in [-0.3, -0.25) is 4.79 Å². The molecule has 98 valence electrons. The minimum absolute atomic E-state index is 0.339. The summed E-state index contributed by atoms with van der Waals surface area (Å²) in [7, 11) is 0. The lowest BCUT2D eigenvalue weighted by Gasteiger charge is -2.29. The van der Waals surface area contributed by atoms with E-state index in [0.717, 1.165) is 25.2 Å². The quantitative estimate of drug-likeness (QED) is 0.846. The van der Waals surface area contributed by atoms with Gasteiger partial charge in [-0.2, -0.15) is 0 Å². The van der Waals surface area contributed by atoms with E-state index in [1.165, 1.54) is 6.20 Å². The zero-order valence-electron chi connectivity index (χ0n) is 10.9. The zero-order valence-corrected chi connectivity index (χ0v) is 10.9. The number of aromatic nitrogens is 1. The molecule has 0 radical (unpaired) electrons. The Bertz CT molecular complexity index is 458. The molecular weight excluding hydrogens is 228 g/mol. The van der Waals surface area contributed by atoms with Crippen LogP contribution >= 0.6 is 0 Å². The number of anilines is 2. The Morgan fingerprint density at radius 1 is 1.56 bits per heavy atom. The number of nitrogens with two attached hydrogens (primary N) is 2. The Labute approximate surface area is 107 Å². The molecule has 4 N–H and O–H groups in total. The van der Waals surface area contributed by atoms with Gasteiger partial charge in [-0.1, -0.05) is 13.8 Å². The SMILES string of the molecule is CC(C)C1CCCN1c1cc(C(N)=O)c(N)cn1. The molecule has 1 aliphatic rings. The maximum Gasteiger partial charge on any atom is 0.250 e. The molecule has 1 aliphatic heterocycles. The molecule has 1 fully saturated rings. The van der Waals surface area contributed by atoms with Crippen molar-refractivity contribution in [1.29, 1.82) is 0 Å². The molecule has 1 amide bonds. The van der Waals surface area contributed by atoms with Crippen molar-refractivity contribution in [1.82, 2.24) is 4.98 Å². The Morgan fingerprint density at radius 3 is 2.89 bits per heavy atom. The van der Waals surface area contributed by atoms with Crippen LogP contribution in [0.1, 0.15) is 37.0 Å². The first-order chi connectivity index (χ1) is 8.50. The first-order valence-electron chi connectivity index (χ1n) is 6.32. The lowest BCUT2D eigenvalue weighted by Crippen LogP contribution is -2.34. The van der Waals surface area contributed by atoms with Gasteiger partial charge < -0.3 is 16.4 Å². The number of carbonyl (C=O) groups excluding carboxylic acids is 1. The first-order valence-corrected chi connectivity index (χ1v) is 6.32. The van der Waals surface area contributed by atoms with Gasteiger partial charge in [0.25, 0.3) is 5.91 Å². The third kappa shape index (κ3) is 2.25. The molecule has 5 nitrogen and oxygen atoms in total. The van der Waals surface area contributed by atoms with Gasteiger partial charge in [-0.05, 0) is 24.8 Å². The minimum atomic E-state index is -0.503. The first kappa shape index (κ1) is 12.7. The number of rotatable bonds is 3. The van der Waals surface area contributed by atoms with Gasteiger partial charge in [0.1, 0.15) is 5.82 Å². The van der Waals surface area contributed by atoms with Gasteiger partial charge in [0, 0.05) is 12.6 Å². The number of nitrogens with zero attached hydrogens (tertiary/aromatic N) is 2. The zero-order chi connectivity index (χ0) is 13.3. The highest BCUT2D eigenvalue weighted by atomic mass is 16.1. The Kier molecular flexibility index (Phi) is 3.41. The van der Waals surface area contributed by atoms with Crippen molar-refractivity contribution in [2.45, 2.75) is 32.7 Å². The summed E-state index contributed by atoms with van der Waals surface area (Å²) in [5.41, 5.74) is 11.7. The third-order valence-electron chi connectivity index (χ3n) is 3.55. The smallest absolute Gasteiger partial charge is 0.250 e. The second-order valence-corrected chi connectivity index (χ2v) is 5.14. The third-order valence-corrected chi connectivity index (χ3v) is 3.55.